The van der Waals surface area contributed by atoms with Crippen LogP contribution < -0.4 is 4.74 Å². The van der Waals surface area contributed by atoms with Crippen LogP contribution in [-0.2, 0) is 4.79 Å². The van der Waals surface area contributed by atoms with Gasteiger partial charge in [0.25, 0.3) is 0 Å². The first-order valence-electron chi connectivity index (χ1n) is 7.26. The lowest BCUT2D eigenvalue weighted by Gasteiger charge is -2.38. The first kappa shape index (κ1) is 13.4. The average Bonchev–Trinajstić information content (AvgIpc) is 2.82. The van der Waals surface area contributed by atoms with Gasteiger partial charge < -0.3 is 14.7 Å². The van der Waals surface area contributed by atoms with Crippen molar-refractivity contribution in [2.45, 2.75) is 25.7 Å². The maximum Gasteiger partial charge on any atom is 0.310 e. The van der Waals surface area contributed by atoms with Crippen LogP contribution in [0.25, 0.3) is 0 Å². The molecule has 3 rings (SSSR count). The van der Waals surface area contributed by atoms with Crippen LogP contribution in [0.3, 0.4) is 0 Å². The zero-order valence-corrected chi connectivity index (χ0v) is 11.8. The molecule has 2 aliphatic heterocycles. The number of likely N-dealkylation sites (tertiary alicyclic amines) is 1. The molecule has 20 heavy (non-hydrogen) atoms. The van der Waals surface area contributed by atoms with E-state index in [0.29, 0.717) is 19.1 Å². The monoisotopic (exact) mass is 275 g/mol. The molecular formula is C16H21NO3. The predicted octanol–water partition coefficient (Wildman–Crippen LogP) is 2.35. The highest BCUT2D eigenvalue weighted by molar-refractivity contribution is 5.74. The highest BCUT2D eigenvalue weighted by Crippen LogP contribution is 2.36. The van der Waals surface area contributed by atoms with E-state index in [1.165, 1.54) is 5.56 Å². The Morgan fingerprint density at radius 2 is 2.30 bits per heavy atom. The maximum atomic E-state index is 11.4. The summed E-state index contributed by atoms with van der Waals surface area (Å²) in [6, 6.07) is 8.15. The third-order valence-electron chi connectivity index (χ3n) is 4.57. The normalized spacial score (nSPS) is 29.8. The molecule has 2 unspecified atom stereocenters. The molecule has 4 nitrogen and oxygen atoms in total. The maximum absolute atomic E-state index is 11.4. The largest absolute Gasteiger partial charge is 0.493 e. The Bertz CT molecular complexity index is 516. The molecule has 0 saturated carbocycles. The molecule has 4 heteroatoms. The van der Waals surface area contributed by atoms with E-state index >= 15 is 0 Å². The first-order chi connectivity index (χ1) is 9.58. The standard InChI is InChI=1S/C16H21NO3/c1-16(15(18)19)7-4-8-17(11-16)9-12-10-20-14-6-3-2-5-13(12)14/h2-3,5-6,12H,4,7-11H2,1H3,(H,18,19). The van der Waals surface area contributed by atoms with Crippen LogP contribution >= 0.6 is 0 Å². The summed E-state index contributed by atoms with van der Waals surface area (Å²) in [5.41, 5.74) is 0.659. The number of piperidine rings is 1. The molecule has 0 spiro atoms. The van der Waals surface area contributed by atoms with E-state index in [1.807, 2.05) is 25.1 Å². The Kier molecular flexibility index (Phi) is 3.42. The van der Waals surface area contributed by atoms with Crippen molar-refractivity contribution < 1.29 is 14.6 Å². The lowest BCUT2D eigenvalue weighted by atomic mass is 9.81. The summed E-state index contributed by atoms with van der Waals surface area (Å²) in [6.07, 6.45) is 1.73. The second-order valence-electron chi connectivity index (χ2n) is 6.25. The summed E-state index contributed by atoms with van der Waals surface area (Å²) in [7, 11) is 0. The van der Waals surface area contributed by atoms with Gasteiger partial charge in [0.2, 0.25) is 0 Å². The minimum absolute atomic E-state index is 0.363. The smallest absolute Gasteiger partial charge is 0.310 e. The van der Waals surface area contributed by atoms with Crippen molar-refractivity contribution in [3.05, 3.63) is 29.8 Å². The molecular weight excluding hydrogens is 254 g/mol. The second kappa shape index (κ2) is 5.09. The van der Waals surface area contributed by atoms with Gasteiger partial charge in [-0.25, -0.2) is 0 Å². The molecule has 1 aromatic rings. The minimum atomic E-state index is -0.676. The number of hydrogen-bond donors (Lipinski definition) is 1. The average molecular weight is 275 g/mol. The molecule has 2 atom stereocenters. The second-order valence-corrected chi connectivity index (χ2v) is 6.25. The fraction of sp³-hybridized carbons (Fsp3) is 0.562. The number of ether oxygens (including phenoxy) is 1. The third-order valence-corrected chi connectivity index (χ3v) is 4.57. The van der Waals surface area contributed by atoms with Gasteiger partial charge in [0.05, 0.1) is 12.0 Å². The molecule has 1 fully saturated rings. The van der Waals surface area contributed by atoms with Gasteiger partial charge in [-0.3, -0.25) is 4.79 Å². The zero-order chi connectivity index (χ0) is 14.2. The van der Waals surface area contributed by atoms with Gasteiger partial charge in [0, 0.05) is 24.6 Å². The molecule has 2 heterocycles. The number of hydrogen-bond acceptors (Lipinski definition) is 3. The number of carboxylic acids is 1. The van der Waals surface area contributed by atoms with Crippen molar-refractivity contribution in [2.75, 3.05) is 26.2 Å². The van der Waals surface area contributed by atoms with Gasteiger partial charge in [0.15, 0.2) is 0 Å². The van der Waals surface area contributed by atoms with Gasteiger partial charge >= 0.3 is 5.97 Å². The van der Waals surface area contributed by atoms with Crippen LogP contribution in [0.5, 0.6) is 5.75 Å². The van der Waals surface area contributed by atoms with Crippen molar-refractivity contribution >= 4 is 5.97 Å². The Labute approximate surface area is 119 Å². The van der Waals surface area contributed by atoms with Gasteiger partial charge in [0.1, 0.15) is 5.75 Å². The molecule has 0 bridgehead atoms. The summed E-state index contributed by atoms with van der Waals surface area (Å²) < 4.78 is 5.71. The van der Waals surface area contributed by atoms with Gasteiger partial charge in [-0.1, -0.05) is 18.2 Å². The molecule has 0 amide bonds. The lowest BCUT2D eigenvalue weighted by Crippen LogP contribution is -2.47. The topological polar surface area (TPSA) is 49.8 Å². The molecule has 1 aromatic carbocycles. The highest BCUT2D eigenvalue weighted by Gasteiger charge is 2.39. The number of carbonyl (C=O) groups is 1. The van der Waals surface area contributed by atoms with Gasteiger partial charge in [-0.05, 0) is 32.4 Å². The number of nitrogens with zero attached hydrogens (tertiary/aromatic N) is 1. The molecule has 1 saturated heterocycles. The SMILES string of the molecule is CC1(C(=O)O)CCCN(CC2COc3ccccc32)C1. The molecule has 2 aliphatic rings. The summed E-state index contributed by atoms with van der Waals surface area (Å²) in [5, 5.41) is 9.38. The van der Waals surface area contributed by atoms with E-state index in [-0.39, 0.29) is 0 Å². The van der Waals surface area contributed by atoms with Crippen LogP contribution in [0.15, 0.2) is 24.3 Å². The van der Waals surface area contributed by atoms with Gasteiger partial charge in [-0.15, -0.1) is 0 Å². The molecule has 1 N–H and O–H groups in total. The third kappa shape index (κ3) is 2.40. The lowest BCUT2D eigenvalue weighted by molar-refractivity contribution is -0.151. The summed E-state index contributed by atoms with van der Waals surface area (Å²) >= 11 is 0. The summed E-state index contributed by atoms with van der Waals surface area (Å²) in [6.45, 7) is 5.09. The summed E-state index contributed by atoms with van der Waals surface area (Å²) in [4.78, 5) is 13.7. The van der Waals surface area contributed by atoms with E-state index < -0.39 is 11.4 Å². The fourth-order valence-corrected chi connectivity index (χ4v) is 3.37. The van der Waals surface area contributed by atoms with E-state index in [2.05, 4.69) is 11.0 Å². The Balaban J connectivity index is 1.69. The van der Waals surface area contributed by atoms with E-state index in [4.69, 9.17) is 4.74 Å². The van der Waals surface area contributed by atoms with Gasteiger partial charge in [-0.2, -0.15) is 0 Å². The molecule has 0 radical (unpaired) electrons. The van der Waals surface area contributed by atoms with Crippen LogP contribution in [0, 0.1) is 5.41 Å². The predicted molar refractivity (Wildman–Crippen MR) is 76.1 cm³/mol. The number of para-hydroxylation sites is 1. The van der Waals surface area contributed by atoms with Crippen LogP contribution in [0.4, 0.5) is 0 Å². The van der Waals surface area contributed by atoms with Crippen LogP contribution in [-0.4, -0.2) is 42.2 Å². The molecule has 0 aliphatic carbocycles. The van der Waals surface area contributed by atoms with Crippen molar-refractivity contribution in [3.63, 3.8) is 0 Å². The highest BCUT2D eigenvalue weighted by atomic mass is 16.5. The first-order valence-corrected chi connectivity index (χ1v) is 7.26. The summed E-state index contributed by atoms with van der Waals surface area (Å²) in [5.74, 6) is 0.670. The quantitative estimate of drug-likeness (QED) is 0.920. The Hall–Kier alpha value is -1.55. The number of carboxylic acid groups (broad SMARTS) is 1. The van der Waals surface area contributed by atoms with E-state index in [9.17, 15) is 9.90 Å². The van der Waals surface area contributed by atoms with E-state index in [1.54, 1.807) is 0 Å². The van der Waals surface area contributed by atoms with Crippen molar-refractivity contribution in [1.82, 2.24) is 4.90 Å². The number of fused-ring (bicyclic) bond motifs is 1. The Morgan fingerprint density at radius 3 is 3.10 bits per heavy atom. The van der Waals surface area contributed by atoms with Crippen molar-refractivity contribution in [2.24, 2.45) is 5.41 Å². The van der Waals surface area contributed by atoms with E-state index in [0.717, 1.165) is 31.7 Å². The van der Waals surface area contributed by atoms with Crippen LogP contribution in [0.2, 0.25) is 0 Å². The fourth-order valence-electron chi connectivity index (χ4n) is 3.37. The van der Waals surface area contributed by atoms with Crippen LogP contribution in [0.1, 0.15) is 31.2 Å². The van der Waals surface area contributed by atoms with Crippen molar-refractivity contribution in [3.8, 4) is 5.75 Å². The number of rotatable bonds is 3. The zero-order valence-electron chi connectivity index (χ0n) is 11.8. The number of benzene rings is 1. The Morgan fingerprint density at radius 1 is 1.50 bits per heavy atom. The van der Waals surface area contributed by atoms with Crippen molar-refractivity contribution in [1.29, 1.82) is 0 Å². The molecule has 108 valence electrons. The minimum Gasteiger partial charge on any atom is -0.493 e. The molecule has 0 aromatic heterocycles. The number of aliphatic carboxylic acids is 1.